The lowest BCUT2D eigenvalue weighted by Gasteiger charge is -2.37. The van der Waals surface area contributed by atoms with E-state index in [0.717, 1.165) is 27.7 Å². The molecule has 3 atom stereocenters. The van der Waals surface area contributed by atoms with Gasteiger partial charge in [0, 0.05) is 12.6 Å². The van der Waals surface area contributed by atoms with E-state index in [9.17, 15) is 9.59 Å². The van der Waals surface area contributed by atoms with Crippen LogP contribution in [0.25, 0.3) is 10.8 Å². The summed E-state index contributed by atoms with van der Waals surface area (Å²) in [6.45, 7) is 2.38. The van der Waals surface area contributed by atoms with Crippen molar-refractivity contribution in [2.24, 2.45) is 5.92 Å². The number of benzene rings is 3. The third-order valence-corrected chi connectivity index (χ3v) is 6.72. The van der Waals surface area contributed by atoms with Gasteiger partial charge < -0.3 is 10.6 Å². The number of fused-ring (bicyclic) bond motifs is 2. The van der Waals surface area contributed by atoms with E-state index in [-0.39, 0.29) is 30.3 Å². The fourth-order valence-electron chi connectivity index (χ4n) is 5.04. The average molecular weight is 482 g/mol. The predicted molar refractivity (Wildman–Crippen MR) is 138 cm³/mol. The van der Waals surface area contributed by atoms with Crippen LogP contribution in [0.5, 0.6) is 0 Å². The zero-order valence-electron chi connectivity index (χ0n) is 19.8. The summed E-state index contributed by atoms with van der Waals surface area (Å²) in [5, 5.41) is 18.2. The highest BCUT2D eigenvalue weighted by Gasteiger charge is 2.45. The molecule has 6 rings (SSSR count). The van der Waals surface area contributed by atoms with Gasteiger partial charge in [-0.2, -0.15) is 5.10 Å². The Kier molecular flexibility index (Phi) is 5.63. The highest BCUT2D eigenvalue weighted by molar-refractivity contribution is 5.95. The molecule has 0 radical (unpaired) electrons. The van der Waals surface area contributed by atoms with Crippen LogP contribution in [0.1, 0.15) is 17.5 Å². The van der Waals surface area contributed by atoms with Crippen molar-refractivity contribution in [3.63, 3.8) is 0 Å². The smallest absolute Gasteiger partial charge is 0.230 e. The summed E-state index contributed by atoms with van der Waals surface area (Å²) in [6.07, 6.45) is -0.659. The summed E-state index contributed by atoms with van der Waals surface area (Å²) in [7, 11) is 0. The van der Waals surface area contributed by atoms with Crippen molar-refractivity contribution >= 4 is 34.1 Å². The van der Waals surface area contributed by atoms with Crippen LogP contribution in [0.4, 0.5) is 11.5 Å². The summed E-state index contributed by atoms with van der Waals surface area (Å²) < 4.78 is 1.63. The lowest BCUT2D eigenvalue weighted by atomic mass is 10.0. The molecule has 2 saturated heterocycles. The van der Waals surface area contributed by atoms with E-state index in [1.165, 1.54) is 0 Å². The standard InChI is InChI=1S/C27H27N7O2/c1-17-14-23(29-24(35)15-19-10-7-9-18-8-5-6-13-21(18)19)34(32-17)27-30-25-22(26(36)31-27)16-28-33(25)20-11-3-2-4-12-20/h2-14,22,25,27-28,30H,15-16H2,1H3,(H,29,35)(H,31,36). The Morgan fingerprint density at radius 2 is 1.83 bits per heavy atom. The SMILES string of the molecule is Cc1cc(NC(=O)Cc2cccc3ccccc23)n(C2NC(=O)C3CNN(c4ccccc4)C3N2)n1. The van der Waals surface area contributed by atoms with Crippen molar-refractivity contribution in [3.8, 4) is 0 Å². The second kappa shape index (κ2) is 9.10. The maximum atomic E-state index is 13.1. The summed E-state index contributed by atoms with van der Waals surface area (Å²) in [6, 6.07) is 25.7. The van der Waals surface area contributed by atoms with Gasteiger partial charge >= 0.3 is 0 Å². The van der Waals surface area contributed by atoms with Gasteiger partial charge in [-0.1, -0.05) is 60.7 Å². The molecule has 1 aromatic heterocycles. The van der Waals surface area contributed by atoms with E-state index in [4.69, 9.17) is 0 Å². The molecule has 3 unspecified atom stereocenters. The summed E-state index contributed by atoms with van der Waals surface area (Å²) in [4.78, 5) is 26.1. The van der Waals surface area contributed by atoms with Crippen molar-refractivity contribution in [3.05, 3.63) is 90.1 Å². The van der Waals surface area contributed by atoms with Crippen molar-refractivity contribution in [1.82, 2.24) is 25.8 Å². The molecule has 3 heterocycles. The van der Waals surface area contributed by atoms with Gasteiger partial charge in [-0.25, -0.2) is 10.1 Å². The number of nitrogens with zero attached hydrogens (tertiary/aromatic N) is 3. The summed E-state index contributed by atoms with van der Waals surface area (Å²) in [5.74, 6) is 0.0329. The summed E-state index contributed by atoms with van der Waals surface area (Å²) >= 11 is 0. The zero-order valence-corrected chi connectivity index (χ0v) is 19.8. The number of carbonyl (C=O) groups is 2. The molecular weight excluding hydrogens is 454 g/mol. The maximum Gasteiger partial charge on any atom is 0.230 e. The number of rotatable bonds is 5. The van der Waals surface area contributed by atoms with Gasteiger partial charge in [-0.05, 0) is 35.4 Å². The van der Waals surface area contributed by atoms with E-state index < -0.39 is 6.29 Å². The molecule has 36 heavy (non-hydrogen) atoms. The van der Waals surface area contributed by atoms with E-state index in [0.29, 0.717) is 12.4 Å². The number of aryl methyl sites for hydroxylation is 1. The van der Waals surface area contributed by atoms with Crippen molar-refractivity contribution in [2.75, 3.05) is 16.9 Å². The Morgan fingerprint density at radius 3 is 2.69 bits per heavy atom. The van der Waals surface area contributed by atoms with E-state index in [2.05, 4.69) is 26.5 Å². The van der Waals surface area contributed by atoms with Gasteiger partial charge in [0.25, 0.3) is 0 Å². The largest absolute Gasteiger partial charge is 0.321 e. The lowest BCUT2D eigenvalue weighted by molar-refractivity contribution is -0.129. The first-order valence-electron chi connectivity index (χ1n) is 12.0. The first kappa shape index (κ1) is 22.3. The third kappa shape index (κ3) is 4.08. The van der Waals surface area contributed by atoms with Crippen LogP contribution in [-0.4, -0.2) is 34.3 Å². The molecule has 4 aromatic rings. The molecule has 3 aromatic carbocycles. The minimum atomic E-state index is -0.619. The van der Waals surface area contributed by atoms with Crippen LogP contribution in [0.3, 0.4) is 0 Å². The highest BCUT2D eigenvalue weighted by atomic mass is 16.2. The Balaban J connectivity index is 1.23. The quantitative estimate of drug-likeness (QED) is 0.350. The minimum Gasteiger partial charge on any atom is -0.321 e. The van der Waals surface area contributed by atoms with Crippen LogP contribution >= 0.6 is 0 Å². The number of hydrazine groups is 1. The van der Waals surface area contributed by atoms with Crippen LogP contribution in [0.15, 0.2) is 78.9 Å². The molecule has 0 saturated carbocycles. The molecule has 0 bridgehead atoms. The second-order valence-electron chi connectivity index (χ2n) is 9.18. The molecule has 182 valence electrons. The minimum absolute atomic E-state index is 0.0733. The molecule has 2 aliphatic rings. The molecule has 9 heteroatoms. The average Bonchev–Trinajstić information content (AvgIpc) is 3.48. The number of anilines is 2. The van der Waals surface area contributed by atoms with Gasteiger partial charge in [0.1, 0.15) is 12.0 Å². The number of para-hydroxylation sites is 1. The fraction of sp³-hybridized carbons (Fsp3) is 0.222. The molecule has 9 nitrogen and oxygen atoms in total. The zero-order chi connectivity index (χ0) is 24.6. The number of nitrogens with one attached hydrogen (secondary N) is 4. The Labute approximate surface area is 208 Å². The Morgan fingerprint density at radius 1 is 1.06 bits per heavy atom. The molecule has 2 amide bonds. The monoisotopic (exact) mass is 481 g/mol. The number of amides is 2. The molecule has 2 aliphatic heterocycles. The van der Waals surface area contributed by atoms with Crippen molar-refractivity contribution < 1.29 is 9.59 Å². The van der Waals surface area contributed by atoms with Gasteiger partial charge in [0.2, 0.25) is 11.8 Å². The first-order valence-corrected chi connectivity index (χ1v) is 12.0. The van der Waals surface area contributed by atoms with Crippen LogP contribution in [0.2, 0.25) is 0 Å². The van der Waals surface area contributed by atoms with E-state index in [1.807, 2.05) is 90.8 Å². The van der Waals surface area contributed by atoms with Crippen LogP contribution in [0, 0.1) is 12.8 Å². The van der Waals surface area contributed by atoms with E-state index >= 15 is 0 Å². The van der Waals surface area contributed by atoms with Gasteiger partial charge in [0.15, 0.2) is 6.29 Å². The molecule has 0 spiro atoms. The molecule has 2 fully saturated rings. The van der Waals surface area contributed by atoms with Gasteiger partial charge in [0.05, 0.1) is 23.7 Å². The number of carbonyl (C=O) groups excluding carboxylic acids is 2. The highest BCUT2D eigenvalue weighted by Crippen LogP contribution is 2.28. The van der Waals surface area contributed by atoms with Gasteiger partial charge in [-0.15, -0.1) is 0 Å². The fourth-order valence-corrected chi connectivity index (χ4v) is 5.04. The molecular formula is C27H27N7O2. The molecule has 0 aliphatic carbocycles. The lowest BCUT2D eigenvalue weighted by Crippen LogP contribution is -2.61. The van der Waals surface area contributed by atoms with Gasteiger partial charge in [-0.3, -0.25) is 19.9 Å². The Bertz CT molecular complexity index is 1430. The topological polar surface area (TPSA) is 103 Å². The van der Waals surface area contributed by atoms with Crippen LogP contribution in [-0.2, 0) is 16.0 Å². The molecule has 4 N–H and O–H groups in total. The van der Waals surface area contributed by atoms with Crippen LogP contribution < -0.4 is 26.4 Å². The summed E-state index contributed by atoms with van der Waals surface area (Å²) in [5.41, 5.74) is 5.97. The number of aromatic nitrogens is 2. The third-order valence-electron chi connectivity index (χ3n) is 6.72. The Hall–Kier alpha value is -4.21. The maximum absolute atomic E-state index is 13.1. The normalized spacial score (nSPS) is 21.3. The predicted octanol–water partition coefficient (Wildman–Crippen LogP) is 2.67. The number of hydrogen-bond acceptors (Lipinski definition) is 6. The van der Waals surface area contributed by atoms with Crippen molar-refractivity contribution in [2.45, 2.75) is 25.8 Å². The number of hydrogen-bond donors (Lipinski definition) is 4. The first-order chi connectivity index (χ1) is 17.6. The second-order valence-corrected chi connectivity index (χ2v) is 9.18. The van der Waals surface area contributed by atoms with E-state index in [1.54, 1.807) is 4.68 Å². The van der Waals surface area contributed by atoms with Crippen molar-refractivity contribution in [1.29, 1.82) is 0 Å².